The van der Waals surface area contributed by atoms with Gasteiger partial charge >= 0.3 is 0 Å². The second-order valence-electron chi connectivity index (χ2n) is 6.20. The summed E-state index contributed by atoms with van der Waals surface area (Å²) < 4.78 is 7.00. The van der Waals surface area contributed by atoms with Gasteiger partial charge in [0.05, 0.1) is 18.4 Å². The smallest absolute Gasteiger partial charge is 0.233 e. The van der Waals surface area contributed by atoms with Crippen LogP contribution in [0.15, 0.2) is 35.7 Å². The number of aromatic nitrogens is 3. The number of rotatable bonds is 7. The fourth-order valence-electron chi connectivity index (χ4n) is 3.23. The van der Waals surface area contributed by atoms with Crippen LogP contribution in [0.25, 0.3) is 0 Å². The Morgan fingerprint density at radius 1 is 1.44 bits per heavy atom. The van der Waals surface area contributed by atoms with Crippen molar-refractivity contribution in [2.45, 2.75) is 37.0 Å². The van der Waals surface area contributed by atoms with E-state index >= 15 is 0 Å². The Labute approximate surface area is 152 Å². The van der Waals surface area contributed by atoms with Crippen LogP contribution in [0.5, 0.6) is 0 Å². The highest BCUT2D eigenvalue weighted by molar-refractivity contribution is 7.99. The summed E-state index contributed by atoms with van der Waals surface area (Å²) in [5, 5.41) is 8.78. The molecule has 0 bridgehead atoms. The van der Waals surface area contributed by atoms with Crippen LogP contribution in [0.3, 0.4) is 0 Å². The third-order valence-corrected chi connectivity index (χ3v) is 5.61. The van der Waals surface area contributed by atoms with Crippen molar-refractivity contribution in [3.05, 3.63) is 41.7 Å². The van der Waals surface area contributed by atoms with Gasteiger partial charge in [-0.25, -0.2) is 0 Å². The van der Waals surface area contributed by atoms with E-state index in [1.54, 1.807) is 13.4 Å². The second-order valence-corrected chi connectivity index (χ2v) is 7.14. The van der Waals surface area contributed by atoms with Crippen LogP contribution in [0.4, 0.5) is 0 Å². The van der Waals surface area contributed by atoms with E-state index in [0.717, 1.165) is 24.4 Å². The molecule has 0 fully saturated rings. The van der Waals surface area contributed by atoms with E-state index < -0.39 is 0 Å². The molecule has 0 radical (unpaired) electrons. The Morgan fingerprint density at radius 3 is 3.12 bits per heavy atom. The lowest BCUT2D eigenvalue weighted by Gasteiger charge is -2.33. The number of nitrogens with zero attached hydrogens (tertiary/aromatic N) is 4. The Morgan fingerprint density at radius 2 is 2.28 bits per heavy atom. The molecule has 1 atom stereocenters. The number of fused-ring (bicyclic) bond motifs is 1. The summed E-state index contributed by atoms with van der Waals surface area (Å²) in [6.07, 6.45) is 4.92. The van der Waals surface area contributed by atoms with Gasteiger partial charge in [0.2, 0.25) is 5.91 Å². The number of methoxy groups -OCH3 is 1. The Hall–Kier alpha value is -1.86. The maximum absolute atomic E-state index is 12.7. The number of carbonyl (C=O) groups is 1. The zero-order valence-corrected chi connectivity index (χ0v) is 15.5. The minimum absolute atomic E-state index is 0.119. The third-order valence-electron chi connectivity index (χ3n) is 4.64. The van der Waals surface area contributed by atoms with Crippen molar-refractivity contribution in [3.8, 4) is 0 Å². The van der Waals surface area contributed by atoms with Gasteiger partial charge < -0.3 is 14.2 Å². The molecular formula is C18H24N4O2S. The molecule has 1 aliphatic rings. The summed E-state index contributed by atoms with van der Waals surface area (Å²) in [7, 11) is 3.57. The second kappa shape index (κ2) is 8.49. The fraction of sp³-hybridized carbons (Fsp3) is 0.500. The first kappa shape index (κ1) is 17.9. The molecular weight excluding hydrogens is 336 g/mol. The van der Waals surface area contributed by atoms with E-state index in [0.29, 0.717) is 18.9 Å². The van der Waals surface area contributed by atoms with E-state index in [-0.39, 0.29) is 11.9 Å². The van der Waals surface area contributed by atoms with Gasteiger partial charge in [-0.1, -0.05) is 36.0 Å². The van der Waals surface area contributed by atoms with Crippen LogP contribution in [0.2, 0.25) is 0 Å². The number of benzene rings is 1. The van der Waals surface area contributed by atoms with Crippen LogP contribution < -0.4 is 0 Å². The minimum Gasteiger partial charge on any atom is -0.383 e. The van der Waals surface area contributed by atoms with E-state index in [1.807, 2.05) is 16.5 Å². The molecule has 1 unspecified atom stereocenters. The lowest BCUT2D eigenvalue weighted by molar-refractivity contribution is -0.129. The Kier molecular flexibility index (Phi) is 6.09. The maximum Gasteiger partial charge on any atom is 0.233 e. The molecule has 1 aromatic heterocycles. The molecule has 7 heteroatoms. The van der Waals surface area contributed by atoms with E-state index in [2.05, 4.69) is 34.5 Å². The molecule has 0 spiro atoms. The highest BCUT2D eigenvalue weighted by Crippen LogP contribution is 2.33. The van der Waals surface area contributed by atoms with Gasteiger partial charge in [-0.2, -0.15) is 0 Å². The molecule has 3 rings (SSSR count). The average molecular weight is 360 g/mol. The van der Waals surface area contributed by atoms with Crippen molar-refractivity contribution in [2.75, 3.05) is 26.5 Å². The largest absolute Gasteiger partial charge is 0.383 e. The molecule has 0 N–H and O–H groups in total. The third kappa shape index (κ3) is 4.22. The van der Waals surface area contributed by atoms with Crippen molar-refractivity contribution in [1.82, 2.24) is 19.7 Å². The number of carbonyl (C=O) groups excluding carboxylic acids is 1. The van der Waals surface area contributed by atoms with Crippen LogP contribution >= 0.6 is 11.8 Å². The number of hydrogen-bond donors (Lipinski definition) is 0. The molecule has 25 heavy (non-hydrogen) atoms. The molecule has 1 heterocycles. The number of ether oxygens (including phenoxy) is 1. The summed E-state index contributed by atoms with van der Waals surface area (Å²) in [6, 6.07) is 8.63. The van der Waals surface area contributed by atoms with Gasteiger partial charge in [0, 0.05) is 20.7 Å². The van der Waals surface area contributed by atoms with Crippen molar-refractivity contribution >= 4 is 17.7 Å². The van der Waals surface area contributed by atoms with Crippen molar-refractivity contribution in [2.24, 2.45) is 0 Å². The predicted octanol–water partition coefficient (Wildman–Crippen LogP) is 2.55. The zero-order chi connectivity index (χ0) is 17.6. The van der Waals surface area contributed by atoms with E-state index in [4.69, 9.17) is 4.74 Å². The molecule has 6 nitrogen and oxygen atoms in total. The Bertz CT molecular complexity index is 719. The lowest BCUT2D eigenvalue weighted by atomic mass is 9.87. The molecule has 134 valence electrons. The molecule has 1 aliphatic carbocycles. The molecule has 2 aromatic rings. The van der Waals surface area contributed by atoms with Crippen LogP contribution in [0, 0.1) is 0 Å². The fourth-order valence-corrected chi connectivity index (χ4v) is 4.10. The van der Waals surface area contributed by atoms with Gasteiger partial charge in [0.15, 0.2) is 5.16 Å². The Balaban J connectivity index is 1.61. The predicted molar refractivity (Wildman–Crippen MR) is 97.5 cm³/mol. The summed E-state index contributed by atoms with van der Waals surface area (Å²) in [6.45, 7) is 1.28. The lowest BCUT2D eigenvalue weighted by Crippen LogP contribution is -2.34. The first-order valence-corrected chi connectivity index (χ1v) is 9.52. The summed E-state index contributed by atoms with van der Waals surface area (Å²) in [5.74, 6) is 0.480. The minimum atomic E-state index is 0.119. The van der Waals surface area contributed by atoms with E-state index in [9.17, 15) is 4.79 Å². The number of aryl methyl sites for hydroxylation is 1. The zero-order valence-electron chi connectivity index (χ0n) is 14.7. The van der Waals surface area contributed by atoms with Crippen LogP contribution in [-0.2, 0) is 22.5 Å². The molecule has 0 aliphatic heterocycles. The topological polar surface area (TPSA) is 60.2 Å². The average Bonchev–Trinajstić information content (AvgIpc) is 3.10. The first-order valence-electron chi connectivity index (χ1n) is 8.53. The van der Waals surface area contributed by atoms with Gasteiger partial charge in [-0.3, -0.25) is 4.79 Å². The number of amides is 1. The highest BCUT2D eigenvalue weighted by Gasteiger charge is 2.26. The van der Waals surface area contributed by atoms with Crippen molar-refractivity contribution in [3.63, 3.8) is 0 Å². The normalized spacial score (nSPS) is 16.5. The van der Waals surface area contributed by atoms with Gasteiger partial charge in [0.25, 0.3) is 0 Å². The maximum atomic E-state index is 12.7. The van der Waals surface area contributed by atoms with Crippen molar-refractivity contribution < 1.29 is 9.53 Å². The monoisotopic (exact) mass is 360 g/mol. The standard InChI is InChI=1S/C18H24N4O2S/c1-21(16-9-5-7-14-6-3-4-8-15(14)16)17(23)12-25-18-20-19-13-22(18)10-11-24-2/h3-4,6,8,13,16H,5,7,9-12H2,1-2H3. The van der Waals surface area contributed by atoms with Crippen LogP contribution in [0.1, 0.15) is 30.0 Å². The highest BCUT2D eigenvalue weighted by atomic mass is 32.2. The summed E-state index contributed by atoms with van der Waals surface area (Å²) in [5.41, 5.74) is 2.66. The van der Waals surface area contributed by atoms with Gasteiger partial charge in [0.1, 0.15) is 6.33 Å². The molecule has 0 saturated heterocycles. The van der Waals surface area contributed by atoms with E-state index in [1.165, 1.54) is 22.9 Å². The SMILES string of the molecule is COCCn1cnnc1SCC(=O)N(C)C1CCCc2ccccc21. The summed E-state index contributed by atoms with van der Waals surface area (Å²) in [4.78, 5) is 14.6. The summed E-state index contributed by atoms with van der Waals surface area (Å²) >= 11 is 1.43. The van der Waals surface area contributed by atoms with Gasteiger partial charge in [-0.05, 0) is 30.4 Å². The van der Waals surface area contributed by atoms with Crippen LogP contribution in [-0.4, -0.2) is 52.1 Å². The quantitative estimate of drug-likeness (QED) is 0.710. The number of hydrogen-bond acceptors (Lipinski definition) is 5. The number of thioether (sulfide) groups is 1. The molecule has 1 aromatic carbocycles. The molecule has 0 saturated carbocycles. The van der Waals surface area contributed by atoms with Crippen molar-refractivity contribution in [1.29, 1.82) is 0 Å². The van der Waals surface area contributed by atoms with Gasteiger partial charge in [-0.15, -0.1) is 10.2 Å². The first-order chi connectivity index (χ1) is 12.2. The molecule has 1 amide bonds.